The Balaban J connectivity index is 2.84. The van der Waals surface area contributed by atoms with Gasteiger partial charge in [0, 0.05) is 19.8 Å². The largest absolute Gasteiger partial charge is 0.480 e. The van der Waals surface area contributed by atoms with E-state index >= 15 is 0 Å². The van der Waals surface area contributed by atoms with E-state index in [0.29, 0.717) is 6.67 Å². The van der Waals surface area contributed by atoms with Gasteiger partial charge in [0.1, 0.15) is 5.78 Å². The number of carboxylic acids is 1. The molecule has 0 aromatic heterocycles. The van der Waals surface area contributed by atoms with Crippen LogP contribution in [0.5, 0.6) is 0 Å². The smallest absolute Gasteiger partial charge is 0.319 e. The average Bonchev–Trinajstić information content (AvgIpc) is 2.05. The van der Waals surface area contributed by atoms with E-state index in [1.54, 1.807) is 0 Å². The highest BCUT2D eigenvalue weighted by molar-refractivity contribution is 6.02. The van der Waals surface area contributed by atoms with Crippen LogP contribution in [-0.2, 0) is 9.59 Å². The number of carbonyl (C=O) groups is 2. The highest BCUT2D eigenvalue weighted by Crippen LogP contribution is 2.18. The molecule has 0 bridgehead atoms. The lowest BCUT2D eigenvalue weighted by Crippen LogP contribution is -2.58. The monoisotopic (exact) mass is 172 g/mol. The van der Waals surface area contributed by atoms with Gasteiger partial charge in [-0.2, -0.15) is 0 Å². The van der Waals surface area contributed by atoms with Crippen molar-refractivity contribution < 1.29 is 14.7 Å². The van der Waals surface area contributed by atoms with Gasteiger partial charge in [-0.05, 0) is 6.92 Å². The Morgan fingerprint density at radius 1 is 1.33 bits per heavy atom. The van der Waals surface area contributed by atoms with Gasteiger partial charge in [-0.15, -0.1) is 0 Å². The number of hydrogen-bond donors (Lipinski definition) is 3. The summed E-state index contributed by atoms with van der Waals surface area (Å²) >= 11 is 0. The minimum absolute atomic E-state index is 0.213. The Labute approximate surface area is 70.1 Å². The zero-order valence-electron chi connectivity index (χ0n) is 6.89. The molecule has 1 rings (SSSR count). The second-order valence-electron chi connectivity index (χ2n) is 2.97. The standard InChI is InChI=1S/C7H12N2O3/c1-5(10)7(6(11)12)2-8-4-9-3-7/h8-9H,2-4H2,1H3,(H,11,12). The van der Waals surface area contributed by atoms with Crippen molar-refractivity contribution in [1.82, 2.24) is 10.6 Å². The maximum Gasteiger partial charge on any atom is 0.319 e. The van der Waals surface area contributed by atoms with E-state index in [1.807, 2.05) is 0 Å². The molecule has 3 N–H and O–H groups in total. The lowest BCUT2D eigenvalue weighted by molar-refractivity contribution is -0.154. The van der Waals surface area contributed by atoms with Gasteiger partial charge in [-0.1, -0.05) is 0 Å². The van der Waals surface area contributed by atoms with Crippen LogP contribution in [0, 0.1) is 5.41 Å². The molecule has 0 atom stereocenters. The lowest BCUT2D eigenvalue weighted by atomic mass is 9.83. The summed E-state index contributed by atoms with van der Waals surface area (Å²) < 4.78 is 0. The molecule has 0 saturated carbocycles. The first-order valence-electron chi connectivity index (χ1n) is 3.75. The van der Waals surface area contributed by atoms with Gasteiger partial charge in [0.05, 0.1) is 0 Å². The summed E-state index contributed by atoms with van der Waals surface area (Å²) in [5.74, 6) is -1.37. The van der Waals surface area contributed by atoms with Gasteiger partial charge >= 0.3 is 5.97 Å². The molecule has 0 aliphatic carbocycles. The molecular formula is C7H12N2O3. The molecular weight excluding hydrogens is 160 g/mol. The summed E-state index contributed by atoms with van der Waals surface area (Å²) in [5, 5.41) is 14.5. The van der Waals surface area contributed by atoms with Crippen molar-refractivity contribution in [2.45, 2.75) is 6.92 Å². The fraction of sp³-hybridized carbons (Fsp3) is 0.714. The molecule has 68 valence electrons. The summed E-state index contributed by atoms with van der Waals surface area (Å²) in [6.07, 6.45) is 0. The van der Waals surface area contributed by atoms with Crippen LogP contribution in [0.1, 0.15) is 6.92 Å². The van der Waals surface area contributed by atoms with E-state index in [0.717, 1.165) is 0 Å². The van der Waals surface area contributed by atoms with Crippen LogP contribution >= 0.6 is 0 Å². The summed E-state index contributed by atoms with van der Waals surface area (Å²) in [5.41, 5.74) is -1.27. The van der Waals surface area contributed by atoms with Crippen molar-refractivity contribution in [2.24, 2.45) is 5.41 Å². The second kappa shape index (κ2) is 3.20. The number of carboxylic acid groups (broad SMARTS) is 1. The molecule has 5 nitrogen and oxygen atoms in total. The number of nitrogens with one attached hydrogen (secondary N) is 2. The molecule has 1 aliphatic rings. The van der Waals surface area contributed by atoms with Crippen LogP contribution in [0.3, 0.4) is 0 Å². The van der Waals surface area contributed by atoms with Gasteiger partial charge in [-0.3, -0.25) is 9.59 Å². The average molecular weight is 172 g/mol. The van der Waals surface area contributed by atoms with Crippen LogP contribution in [0.4, 0.5) is 0 Å². The first-order valence-corrected chi connectivity index (χ1v) is 3.75. The second-order valence-corrected chi connectivity index (χ2v) is 2.97. The van der Waals surface area contributed by atoms with Gasteiger partial charge in [0.25, 0.3) is 0 Å². The topological polar surface area (TPSA) is 78.4 Å². The number of Topliss-reactive ketones (excluding diaryl/α,β-unsaturated/α-hetero) is 1. The SMILES string of the molecule is CC(=O)C1(C(=O)O)CNCNC1. The quantitative estimate of drug-likeness (QED) is 0.456. The lowest BCUT2D eigenvalue weighted by Gasteiger charge is -2.31. The van der Waals surface area contributed by atoms with E-state index in [4.69, 9.17) is 5.11 Å². The fourth-order valence-corrected chi connectivity index (χ4v) is 1.25. The van der Waals surface area contributed by atoms with Crippen LogP contribution in [0.15, 0.2) is 0 Å². The molecule has 1 heterocycles. The highest BCUT2D eigenvalue weighted by Gasteiger charge is 2.44. The predicted molar refractivity (Wildman–Crippen MR) is 41.6 cm³/mol. The summed E-state index contributed by atoms with van der Waals surface area (Å²) in [6, 6.07) is 0. The molecule has 1 fully saturated rings. The first kappa shape index (κ1) is 9.15. The Hall–Kier alpha value is -0.940. The van der Waals surface area contributed by atoms with Gasteiger partial charge in [-0.25, -0.2) is 0 Å². The molecule has 0 aromatic rings. The third kappa shape index (κ3) is 1.33. The Morgan fingerprint density at radius 2 is 1.83 bits per heavy atom. The molecule has 0 amide bonds. The number of carbonyl (C=O) groups excluding carboxylic acids is 1. The third-order valence-electron chi connectivity index (χ3n) is 2.19. The Morgan fingerprint density at radius 3 is 2.08 bits per heavy atom. The van der Waals surface area contributed by atoms with Crippen LogP contribution in [0.2, 0.25) is 0 Å². The Kier molecular flexibility index (Phi) is 2.44. The first-order chi connectivity index (χ1) is 5.59. The van der Waals surface area contributed by atoms with E-state index in [-0.39, 0.29) is 18.9 Å². The van der Waals surface area contributed by atoms with Crippen molar-refractivity contribution >= 4 is 11.8 Å². The van der Waals surface area contributed by atoms with E-state index in [2.05, 4.69) is 10.6 Å². The molecule has 0 spiro atoms. The molecule has 12 heavy (non-hydrogen) atoms. The fourth-order valence-electron chi connectivity index (χ4n) is 1.25. The molecule has 1 saturated heterocycles. The van der Waals surface area contributed by atoms with Crippen molar-refractivity contribution in [3.63, 3.8) is 0 Å². The number of rotatable bonds is 2. The van der Waals surface area contributed by atoms with E-state index < -0.39 is 11.4 Å². The minimum atomic E-state index is -1.27. The van der Waals surface area contributed by atoms with Crippen molar-refractivity contribution in [2.75, 3.05) is 19.8 Å². The maximum absolute atomic E-state index is 11.1. The molecule has 0 aromatic carbocycles. The highest BCUT2D eigenvalue weighted by atomic mass is 16.4. The van der Waals surface area contributed by atoms with Crippen LogP contribution < -0.4 is 10.6 Å². The molecule has 1 aliphatic heterocycles. The van der Waals surface area contributed by atoms with Crippen LogP contribution in [0.25, 0.3) is 0 Å². The molecule has 5 heteroatoms. The van der Waals surface area contributed by atoms with E-state index in [1.165, 1.54) is 6.92 Å². The van der Waals surface area contributed by atoms with Gasteiger partial charge in [0.2, 0.25) is 0 Å². The summed E-state index contributed by atoms with van der Waals surface area (Å²) in [7, 11) is 0. The molecule has 0 radical (unpaired) electrons. The zero-order valence-corrected chi connectivity index (χ0v) is 6.89. The number of ketones is 1. The third-order valence-corrected chi connectivity index (χ3v) is 2.19. The summed E-state index contributed by atoms with van der Waals surface area (Å²) in [4.78, 5) is 21.9. The van der Waals surface area contributed by atoms with Gasteiger partial charge < -0.3 is 15.7 Å². The molecule has 0 unspecified atom stereocenters. The Bertz CT molecular complexity index is 193. The normalized spacial score (nSPS) is 21.8. The van der Waals surface area contributed by atoms with Crippen molar-refractivity contribution in [3.05, 3.63) is 0 Å². The predicted octanol–water partition coefficient (Wildman–Crippen LogP) is -1.20. The van der Waals surface area contributed by atoms with Crippen molar-refractivity contribution in [3.8, 4) is 0 Å². The number of aliphatic carboxylic acids is 1. The van der Waals surface area contributed by atoms with Gasteiger partial charge in [0.15, 0.2) is 5.41 Å². The van der Waals surface area contributed by atoms with Crippen LogP contribution in [-0.4, -0.2) is 36.6 Å². The zero-order chi connectivity index (χ0) is 9.19. The minimum Gasteiger partial charge on any atom is -0.480 e. The van der Waals surface area contributed by atoms with Crippen molar-refractivity contribution in [1.29, 1.82) is 0 Å². The summed E-state index contributed by atoms with van der Waals surface area (Å²) in [6.45, 7) is 2.29. The number of hydrogen-bond acceptors (Lipinski definition) is 4. The van der Waals surface area contributed by atoms with E-state index in [9.17, 15) is 9.59 Å². The maximum atomic E-state index is 11.1.